The van der Waals surface area contributed by atoms with E-state index in [4.69, 9.17) is 0 Å². The van der Waals surface area contributed by atoms with Crippen LogP contribution in [-0.2, 0) is 16.8 Å². The molecule has 3 rings (SSSR count). The van der Waals surface area contributed by atoms with Gasteiger partial charge in [-0.15, -0.1) is 10.2 Å². The van der Waals surface area contributed by atoms with Crippen molar-refractivity contribution in [2.24, 2.45) is 0 Å². The first-order chi connectivity index (χ1) is 13.4. The molecule has 0 saturated carbocycles. The highest BCUT2D eigenvalue weighted by atomic mass is 32.2. The van der Waals surface area contributed by atoms with Crippen molar-refractivity contribution in [3.05, 3.63) is 54.4 Å². The van der Waals surface area contributed by atoms with Crippen LogP contribution in [0.3, 0.4) is 0 Å². The first kappa shape index (κ1) is 20.1. The maximum atomic E-state index is 12.5. The van der Waals surface area contributed by atoms with Gasteiger partial charge in [-0.25, -0.2) is 0 Å². The lowest BCUT2D eigenvalue weighted by atomic mass is 9.86. The van der Waals surface area contributed by atoms with Crippen molar-refractivity contribution in [3.8, 4) is 11.4 Å². The zero-order chi connectivity index (χ0) is 20.1. The molecule has 28 heavy (non-hydrogen) atoms. The second kappa shape index (κ2) is 8.56. The molecule has 0 unspecified atom stereocenters. The van der Waals surface area contributed by atoms with Crippen LogP contribution in [0.2, 0.25) is 0 Å². The van der Waals surface area contributed by atoms with E-state index in [0.717, 1.165) is 27.8 Å². The molecule has 146 valence electrons. The summed E-state index contributed by atoms with van der Waals surface area (Å²) < 4.78 is 2.00. The highest BCUT2D eigenvalue weighted by Gasteiger charge is 2.19. The van der Waals surface area contributed by atoms with E-state index in [1.807, 2.05) is 41.8 Å². The fraction of sp³-hybridized carbons (Fsp3) is 0.333. The number of hydrogen-bond acceptors (Lipinski definition) is 5. The van der Waals surface area contributed by atoms with Gasteiger partial charge in [-0.2, -0.15) is 0 Å². The second-order valence-corrected chi connectivity index (χ2v) is 8.37. The fourth-order valence-electron chi connectivity index (χ4n) is 2.95. The van der Waals surface area contributed by atoms with E-state index in [2.05, 4.69) is 47.3 Å². The van der Waals surface area contributed by atoms with Gasteiger partial charge in [0, 0.05) is 30.2 Å². The predicted molar refractivity (Wildman–Crippen MR) is 113 cm³/mol. The SMILES string of the molecule is CCn1c(SCC(=O)Nc2ccccc2C(C)(C)C)nnc1-c1cccnc1. The number of thioether (sulfide) groups is 1. The fourth-order valence-corrected chi connectivity index (χ4v) is 3.75. The van der Waals surface area contributed by atoms with Gasteiger partial charge < -0.3 is 9.88 Å². The molecule has 2 aromatic heterocycles. The van der Waals surface area contributed by atoms with Crippen molar-refractivity contribution in [1.82, 2.24) is 19.7 Å². The molecule has 1 N–H and O–H groups in total. The molecule has 3 aromatic rings. The number of rotatable bonds is 6. The second-order valence-electron chi connectivity index (χ2n) is 7.42. The summed E-state index contributed by atoms with van der Waals surface area (Å²) in [5.74, 6) is 0.968. The molecule has 0 fully saturated rings. The van der Waals surface area contributed by atoms with Gasteiger partial charge in [0.15, 0.2) is 11.0 Å². The zero-order valence-electron chi connectivity index (χ0n) is 16.6. The van der Waals surface area contributed by atoms with Crippen molar-refractivity contribution >= 4 is 23.4 Å². The third-order valence-corrected chi connectivity index (χ3v) is 5.26. The Morgan fingerprint density at radius 2 is 1.93 bits per heavy atom. The largest absolute Gasteiger partial charge is 0.325 e. The molecule has 6 nitrogen and oxygen atoms in total. The lowest BCUT2D eigenvalue weighted by molar-refractivity contribution is -0.113. The Balaban J connectivity index is 1.70. The van der Waals surface area contributed by atoms with E-state index in [1.54, 1.807) is 12.4 Å². The van der Waals surface area contributed by atoms with Gasteiger partial charge >= 0.3 is 0 Å². The van der Waals surface area contributed by atoms with E-state index in [1.165, 1.54) is 11.8 Å². The summed E-state index contributed by atoms with van der Waals surface area (Å²) in [5.41, 5.74) is 2.84. The van der Waals surface area contributed by atoms with Crippen LogP contribution in [0.25, 0.3) is 11.4 Å². The number of amides is 1. The summed E-state index contributed by atoms with van der Waals surface area (Å²) in [4.78, 5) is 16.7. The van der Waals surface area contributed by atoms with Crippen LogP contribution in [0, 0.1) is 0 Å². The van der Waals surface area contributed by atoms with Gasteiger partial charge in [0.1, 0.15) is 0 Å². The van der Waals surface area contributed by atoms with Crippen LogP contribution in [0.1, 0.15) is 33.3 Å². The molecule has 0 aliphatic heterocycles. The van der Waals surface area contributed by atoms with Crippen LogP contribution >= 0.6 is 11.8 Å². The Bertz CT molecular complexity index is 947. The quantitative estimate of drug-likeness (QED) is 0.627. The maximum absolute atomic E-state index is 12.5. The number of para-hydroxylation sites is 1. The van der Waals surface area contributed by atoms with E-state index in [0.29, 0.717) is 6.54 Å². The molecule has 1 aromatic carbocycles. The summed E-state index contributed by atoms with van der Waals surface area (Å²) in [6.07, 6.45) is 3.49. The molecular formula is C21H25N5OS. The molecule has 2 heterocycles. The lowest BCUT2D eigenvalue weighted by Crippen LogP contribution is -2.20. The van der Waals surface area contributed by atoms with Crippen molar-refractivity contribution < 1.29 is 4.79 Å². The van der Waals surface area contributed by atoms with Crippen molar-refractivity contribution in [3.63, 3.8) is 0 Å². The number of carbonyl (C=O) groups is 1. The van der Waals surface area contributed by atoms with Gasteiger partial charge in [0.25, 0.3) is 0 Å². The molecule has 1 amide bonds. The van der Waals surface area contributed by atoms with E-state index in [-0.39, 0.29) is 17.1 Å². The average molecular weight is 396 g/mol. The summed E-state index contributed by atoms with van der Waals surface area (Å²) in [5, 5.41) is 12.3. The van der Waals surface area contributed by atoms with Crippen molar-refractivity contribution in [2.75, 3.05) is 11.1 Å². The minimum Gasteiger partial charge on any atom is -0.325 e. The van der Waals surface area contributed by atoms with Crippen molar-refractivity contribution in [1.29, 1.82) is 0 Å². The number of nitrogens with zero attached hydrogens (tertiary/aromatic N) is 4. The van der Waals surface area contributed by atoms with Crippen LogP contribution in [-0.4, -0.2) is 31.4 Å². The third-order valence-electron chi connectivity index (χ3n) is 4.29. The summed E-state index contributed by atoms with van der Waals surface area (Å²) in [7, 11) is 0. The molecule has 0 saturated heterocycles. The Morgan fingerprint density at radius 3 is 2.61 bits per heavy atom. The van der Waals surface area contributed by atoms with E-state index in [9.17, 15) is 4.79 Å². The Morgan fingerprint density at radius 1 is 1.14 bits per heavy atom. The van der Waals surface area contributed by atoms with Crippen LogP contribution in [0.4, 0.5) is 5.69 Å². The van der Waals surface area contributed by atoms with E-state index < -0.39 is 0 Å². The number of benzene rings is 1. The summed E-state index contributed by atoms with van der Waals surface area (Å²) >= 11 is 1.38. The highest BCUT2D eigenvalue weighted by Crippen LogP contribution is 2.29. The normalized spacial score (nSPS) is 11.4. The van der Waals surface area contributed by atoms with Gasteiger partial charge in [-0.05, 0) is 36.1 Å². The number of hydrogen-bond donors (Lipinski definition) is 1. The van der Waals surface area contributed by atoms with Gasteiger partial charge in [-0.1, -0.05) is 50.7 Å². The first-order valence-corrected chi connectivity index (χ1v) is 10.2. The number of anilines is 1. The highest BCUT2D eigenvalue weighted by molar-refractivity contribution is 7.99. The Labute approximate surface area is 169 Å². The molecule has 0 spiro atoms. The molecular weight excluding hydrogens is 370 g/mol. The predicted octanol–water partition coefficient (Wildman–Crippen LogP) is 4.39. The van der Waals surface area contributed by atoms with Crippen molar-refractivity contribution in [2.45, 2.75) is 44.8 Å². The third kappa shape index (κ3) is 4.59. The monoisotopic (exact) mass is 395 g/mol. The standard InChI is InChI=1S/C21H25N5OS/c1-5-26-19(15-9-8-12-22-13-15)24-25-20(26)28-14-18(27)23-17-11-7-6-10-16(17)21(2,3)4/h6-13H,5,14H2,1-4H3,(H,23,27). The molecule has 7 heteroatoms. The molecule has 0 bridgehead atoms. The minimum atomic E-state index is -0.0599. The van der Waals surface area contributed by atoms with Crippen LogP contribution in [0.5, 0.6) is 0 Å². The number of nitrogens with one attached hydrogen (secondary N) is 1. The summed E-state index contributed by atoms with van der Waals surface area (Å²) in [6.45, 7) is 9.16. The lowest BCUT2D eigenvalue weighted by Gasteiger charge is -2.22. The van der Waals surface area contributed by atoms with Gasteiger partial charge in [0.2, 0.25) is 5.91 Å². The molecule has 0 radical (unpaired) electrons. The molecule has 0 aliphatic carbocycles. The van der Waals surface area contributed by atoms with Gasteiger partial charge in [-0.3, -0.25) is 9.78 Å². The molecule has 0 aliphatic rings. The van der Waals surface area contributed by atoms with Crippen LogP contribution in [0.15, 0.2) is 53.9 Å². The Hall–Kier alpha value is -2.67. The Kier molecular flexibility index (Phi) is 6.14. The minimum absolute atomic E-state index is 0.0436. The smallest absolute Gasteiger partial charge is 0.234 e. The zero-order valence-corrected chi connectivity index (χ0v) is 17.5. The van der Waals surface area contributed by atoms with E-state index >= 15 is 0 Å². The maximum Gasteiger partial charge on any atom is 0.234 e. The number of pyridine rings is 1. The molecule has 0 atom stereocenters. The average Bonchev–Trinajstić information content (AvgIpc) is 3.09. The topological polar surface area (TPSA) is 72.7 Å². The number of carbonyl (C=O) groups excluding carboxylic acids is 1. The first-order valence-electron chi connectivity index (χ1n) is 9.26. The summed E-state index contributed by atoms with van der Waals surface area (Å²) in [6, 6.07) is 11.8. The van der Waals surface area contributed by atoms with Gasteiger partial charge in [0.05, 0.1) is 5.75 Å². The van der Waals surface area contributed by atoms with Crippen LogP contribution < -0.4 is 5.32 Å². The number of aromatic nitrogens is 4.